The maximum absolute atomic E-state index is 9.27. The molecule has 0 spiro atoms. The monoisotopic (exact) mass is 182 g/mol. The molecule has 13 heavy (non-hydrogen) atoms. The van der Waals surface area contributed by atoms with Gasteiger partial charge in [0.05, 0.1) is 0 Å². The van der Waals surface area contributed by atoms with Crippen LogP contribution in [0.2, 0.25) is 0 Å². The van der Waals surface area contributed by atoms with E-state index >= 15 is 0 Å². The normalized spacial score (nSPS) is 34.5. The third-order valence-electron chi connectivity index (χ3n) is 3.33. The summed E-state index contributed by atoms with van der Waals surface area (Å²) in [6.07, 6.45) is 9.45. The van der Waals surface area contributed by atoms with Crippen molar-refractivity contribution in [3.8, 4) is 0 Å². The molecule has 2 atom stereocenters. The molecule has 1 aliphatic rings. The van der Waals surface area contributed by atoms with E-state index in [-0.39, 0.29) is 5.41 Å². The van der Waals surface area contributed by atoms with Gasteiger partial charge in [-0.25, -0.2) is 0 Å². The summed E-state index contributed by atoms with van der Waals surface area (Å²) in [7, 11) is 0. The van der Waals surface area contributed by atoms with Crippen molar-refractivity contribution in [1.82, 2.24) is 0 Å². The maximum atomic E-state index is 9.27. The second-order valence-electron chi connectivity index (χ2n) is 4.80. The molecule has 1 N–H and O–H groups in total. The first-order chi connectivity index (χ1) is 6.20. The van der Waals surface area contributed by atoms with Crippen LogP contribution in [-0.4, -0.2) is 11.7 Å². The Morgan fingerprint density at radius 3 is 3.00 bits per heavy atom. The Labute approximate surface area is 81.9 Å². The van der Waals surface area contributed by atoms with Gasteiger partial charge in [0.15, 0.2) is 0 Å². The smallest absolute Gasteiger partial charge is 0.0484 e. The highest BCUT2D eigenvalue weighted by molar-refractivity contribution is 4.83. The van der Waals surface area contributed by atoms with Gasteiger partial charge in [0.2, 0.25) is 0 Å². The zero-order valence-corrected chi connectivity index (χ0v) is 8.76. The second-order valence-corrected chi connectivity index (χ2v) is 4.80. The molecule has 0 heterocycles. The SMILES string of the molecule is C=CCCC1CCCC(C)(CO)C1. The molecule has 76 valence electrons. The topological polar surface area (TPSA) is 20.2 Å². The number of hydrogen-bond donors (Lipinski definition) is 1. The van der Waals surface area contributed by atoms with Crippen LogP contribution in [0.5, 0.6) is 0 Å². The largest absolute Gasteiger partial charge is 0.396 e. The standard InChI is InChI=1S/C12H22O/c1-3-4-6-11-7-5-8-12(2,9-11)10-13/h3,11,13H,1,4-10H2,2H3. The fourth-order valence-electron chi connectivity index (χ4n) is 2.46. The average Bonchev–Trinajstić information content (AvgIpc) is 2.15. The lowest BCUT2D eigenvalue weighted by molar-refractivity contribution is 0.0712. The van der Waals surface area contributed by atoms with Gasteiger partial charge in [0.25, 0.3) is 0 Å². The van der Waals surface area contributed by atoms with E-state index in [1.165, 1.54) is 32.1 Å². The van der Waals surface area contributed by atoms with Crippen molar-refractivity contribution in [3.63, 3.8) is 0 Å². The molecule has 0 bridgehead atoms. The van der Waals surface area contributed by atoms with Crippen LogP contribution in [0.1, 0.15) is 45.4 Å². The number of aliphatic hydroxyl groups excluding tert-OH is 1. The molecule has 1 nitrogen and oxygen atoms in total. The predicted molar refractivity (Wildman–Crippen MR) is 56.6 cm³/mol. The summed E-state index contributed by atoms with van der Waals surface area (Å²) in [5, 5.41) is 9.27. The van der Waals surface area contributed by atoms with Gasteiger partial charge in [0, 0.05) is 6.61 Å². The van der Waals surface area contributed by atoms with Crippen LogP contribution in [0.4, 0.5) is 0 Å². The first-order valence-electron chi connectivity index (χ1n) is 5.42. The Hall–Kier alpha value is -0.300. The summed E-state index contributed by atoms with van der Waals surface area (Å²) in [5.41, 5.74) is 0.212. The van der Waals surface area contributed by atoms with E-state index in [0.29, 0.717) is 6.61 Å². The lowest BCUT2D eigenvalue weighted by atomic mass is 9.70. The third kappa shape index (κ3) is 3.15. The van der Waals surface area contributed by atoms with Crippen molar-refractivity contribution in [2.24, 2.45) is 11.3 Å². The Kier molecular flexibility index (Phi) is 3.98. The highest BCUT2D eigenvalue weighted by Gasteiger charge is 2.30. The maximum Gasteiger partial charge on any atom is 0.0484 e. The summed E-state index contributed by atoms with van der Waals surface area (Å²) in [6, 6.07) is 0. The quantitative estimate of drug-likeness (QED) is 0.662. The summed E-state index contributed by atoms with van der Waals surface area (Å²) in [6.45, 7) is 6.33. The zero-order chi connectivity index (χ0) is 9.73. The minimum absolute atomic E-state index is 0.212. The van der Waals surface area contributed by atoms with Gasteiger partial charge in [-0.05, 0) is 37.0 Å². The molecule has 0 amide bonds. The Morgan fingerprint density at radius 1 is 1.62 bits per heavy atom. The van der Waals surface area contributed by atoms with Crippen molar-refractivity contribution >= 4 is 0 Å². The number of allylic oxidation sites excluding steroid dienone is 1. The lowest BCUT2D eigenvalue weighted by Crippen LogP contribution is -2.29. The van der Waals surface area contributed by atoms with Crippen molar-refractivity contribution in [2.45, 2.75) is 45.4 Å². The highest BCUT2D eigenvalue weighted by atomic mass is 16.3. The summed E-state index contributed by atoms with van der Waals surface area (Å²) in [4.78, 5) is 0. The molecular formula is C12H22O. The molecule has 1 heteroatoms. The molecule has 1 saturated carbocycles. The van der Waals surface area contributed by atoms with Gasteiger partial charge in [-0.2, -0.15) is 0 Å². The molecule has 0 aliphatic heterocycles. The van der Waals surface area contributed by atoms with Gasteiger partial charge >= 0.3 is 0 Å². The van der Waals surface area contributed by atoms with E-state index in [0.717, 1.165) is 12.3 Å². The molecule has 1 rings (SSSR count). The van der Waals surface area contributed by atoms with E-state index < -0.39 is 0 Å². The van der Waals surface area contributed by atoms with Crippen LogP contribution in [0, 0.1) is 11.3 Å². The van der Waals surface area contributed by atoms with Gasteiger partial charge in [0.1, 0.15) is 0 Å². The van der Waals surface area contributed by atoms with Gasteiger partial charge in [-0.1, -0.05) is 25.8 Å². The second kappa shape index (κ2) is 4.80. The highest BCUT2D eigenvalue weighted by Crippen LogP contribution is 2.40. The van der Waals surface area contributed by atoms with Crippen LogP contribution < -0.4 is 0 Å². The number of rotatable bonds is 4. The van der Waals surface area contributed by atoms with Crippen molar-refractivity contribution < 1.29 is 5.11 Å². The first kappa shape index (κ1) is 10.8. The van der Waals surface area contributed by atoms with Crippen LogP contribution in [-0.2, 0) is 0 Å². The van der Waals surface area contributed by atoms with E-state index in [4.69, 9.17) is 0 Å². The zero-order valence-electron chi connectivity index (χ0n) is 8.76. The van der Waals surface area contributed by atoms with Crippen molar-refractivity contribution in [2.75, 3.05) is 6.61 Å². The molecule has 0 aromatic carbocycles. The van der Waals surface area contributed by atoms with Crippen LogP contribution >= 0.6 is 0 Å². The van der Waals surface area contributed by atoms with Crippen molar-refractivity contribution in [1.29, 1.82) is 0 Å². The van der Waals surface area contributed by atoms with E-state index in [1.807, 2.05) is 6.08 Å². The third-order valence-corrected chi connectivity index (χ3v) is 3.33. The summed E-state index contributed by atoms with van der Waals surface area (Å²) in [5.74, 6) is 0.823. The predicted octanol–water partition coefficient (Wildman–Crippen LogP) is 3.14. The van der Waals surface area contributed by atoms with Gasteiger partial charge < -0.3 is 5.11 Å². The Bertz CT molecular complexity index is 165. The van der Waals surface area contributed by atoms with Gasteiger partial charge in [-0.15, -0.1) is 6.58 Å². The first-order valence-corrected chi connectivity index (χ1v) is 5.42. The minimum atomic E-state index is 0.212. The van der Waals surface area contributed by atoms with E-state index in [1.54, 1.807) is 0 Å². The number of hydrogen-bond acceptors (Lipinski definition) is 1. The fraction of sp³-hybridized carbons (Fsp3) is 0.833. The molecule has 1 aliphatic carbocycles. The Balaban J connectivity index is 2.37. The summed E-state index contributed by atoms with van der Waals surface area (Å²) < 4.78 is 0. The van der Waals surface area contributed by atoms with E-state index in [2.05, 4.69) is 13.5 Å². The fourth-order valence-corrected chi connectivity index (χ4v) is 2.46. The molecule has 1 fully saturated rings. The van der Waals surface area contributed by atoms with Crippen LogP contribution in [0.15, 0.2) is 12.7 Å². The lowest BCUT2D eigenvalue weighted by Gasteiger charge is -2.36. The molecular weight excluding hydrogens is 160 g/mol. The minimum Gasteiger partial charge on any atom is -0.396 e. The van der Waals surface area contributed by atoms with Crippen molar-refractivity contribution in [3.05, 3.63) is 12.7 Å². The molecule has 2 unspecified atom stereocenters. The molecule has 0 aromatic heterocycles. The summed E-state index contributed by atoms with van der Waals surface area (Å²) >= 11 is 0. The van der Waals surface area contributed by atoms with E-state index in [9.17, 15) is 5.11 Å². The molecule has 0 aromatic rings. The average molecular weight is 182 g/mol. The van der Waals surface area contributed by atoms with Gasteiger partial charge in [-0.3, -0.25) is 0 Å². The van der Waals surface area contributed by atoms with Crippen LogP contribution in [0.25, 0.3) is 0 Å². The van der Waals surface area contributed by atoms with Crippen LogP contribution in [0.3, 0.4) is 0 Å². The Morgan fingerprint density at radius 2 is 2.38 bits per heavy atom. The number of aliphatic hydroxyl groups is 1. The molecule has 0 saturated heterocycles. The molecule has 0 radical (unpaired) electrons.